The molecule has 0 spiro atoms. The summed E-state index contributed by atoms with van der Waals surface area (Å²) in [6.07, 6.45) is 0. The van der Waals surface area contributed by atoms with Crippen molar-refractivity contribution in [3.05, 3.63) is 28.7 Å². The summed E-state index contributed by atoms with van der Waals surface area (Å²) >= 11 is 3.52. The van der Waals surface area contributed by atoms with Crippen LogP contribution < -0.4 is 4.23 Å². The molecule has 1 nitrogen and oxygen atoms in total. The fraction of sp³-hybridized carbons (Fsp3) is 0.500. The van der Waals surface area contributed by atoms with Gasteiger partial charge in [-0.2, -0.15) is 0 Å². The highest BCUT2D eigenvalue weighted by Crippen LogP contribution is 2.40. The van der Waals surface area contributed by atoms with Gasteiger partial charge in [-0.05, 0) is 36.4 Å². The van der Waals surface area contributed by atoms with E-state index in [1.807, 2.05) is 0 Å². The van der Waals surface area contributed by atoms with Crippen LogP contribution in [0.2, 0.25) is 38.3 Å². The van der Waals surface area contributed by atoms with Gasteiger partial charge >= 0.3 is 0 Å². The Labute approximate surface area is 109 Å². The second kappa shape index (κ2) is 4.00. The van der Waals surface area contributed by atoms with E-state index in [9.17, 15) is 0 Å². The molecule has 0 aromatic heterocycles. The molecular formula is C12H20BrNSi2. The summed E-state index contributed by atoms with van der Waals surface area (Å²) in [6, 6.07) is 11.8. The SMILES string of the molecule is C[Si]1(C)CC[Si](C)(C)N1c1ccc(Br)cc1. The molecule has 1 saturated heterocycles. The zero-order valence-electron chi connectivity index (χ0n) is 10.5. The van der Waals surface area contributed by atoms with Crippen molar-refractivity contribution in [2.24, 2.45) is 0 Å². The minimum atomic E-state index is -1.18. The third-order valence-electron chi connectivity index (χ3n) is 3.64. The van der Waals surface area contributed by atoms with Gasteiger partial charge in [-0.15, -0.1) is 0 Å². The van der Waals surface area contributed by atoms with Crippen LogP contribution in [0.15, 0.2) is 28.7 Å². The zero-order valence-corrected chi connectivity index (χ0v) is 14.1. The van der Waals surface area contributed by atoms with Crippen molar-refractivity contribution >= 4 is 38.1 Å². The van der Waals surface area contributed by atoms with E-state index in [2.05, 4.69) is 70.6 Å². The van der Waals surface area contributed by atoms with E-state index in [-0.39, 0.29) is 0 Å². The summed E-state index contributed by atoms with van der Waals surface area (Å²) in [5, 5.41) is 0. The summed E-state index contributed by atoms with van der Waals surface area (Å²) in [4.78, 5) is 0. The summed E-state index contributed by atoms with van der Waals surface area (Å²) in [5.41, 5.74) is 1.45. The van der Waals surface area contributed by atoms with Gasteiger partial charge in [0.25, 0.3) is 0 Å². The Morgan fingerprint density at radius 3 is 1.81 bits per heavy atom. The predicted molar refractivity (Wildman–Crippen MR) is 81.2 cm³/mol. The van der Waals surface area contributed by atoms with Gasteiger partial charge in [-0.1, -0.05) is 42.1 Å². The molecule has 0 aliphatic carbocycles. The summed E-state index contributed by atoms with van der Waals surface area (Å²) in [5.74, 6) is 0. The number of rotatable bonds is 1. The molecule has 1 fully saturated rings. The van der Waals surface area contributed by atoms with Crippen molar-refractivity contribution < 1.29 is 0 Å². The Kier molecular flexibility index (Phi) is 3.10. The average Bonchev–Trinajstić information content (AvgIpc) is 2.39. The van der Waals surface area contributed by atoms with E-state index in [4.69, 9.17) is 0 Å². The first-order valence-electron chi connectivity index (χ1n) is 5.89. The highest BCUT2D eigenvalue weighted by atomic mass is 79.9. The second-order valence-electron chi connectivity index (χ2n) is 5.94. The van der Waals surface area contributed by atoms with E-state index in [0.29, 0.717) is 0 Å². The van der Waals surface area contributed by atoms with E-state index < -0.39 is 16.5 Å². The first-order chi connectivity index (χ1) is 7.33. The van der Waals surface area contributed by atoms with Crippen molar-refractivity contribution in [1.29, 1.82) is 0 Å². The number of hydrogen-bond acceptors (Lipinski definition) is 1. The molecule has 2 rings (SSSR count). The summed E-state index contributed by atoms with van der Waals surface area (Å²) < 4.78 is 4.02. The van der Waals surface area contributed by atoms with Crippen LogP contribution in [0.1, 0.15) is 0 Å². The number of anilines is 1. The van der Waals surface area contributed by atoms with Gasteiger partial charge < -0.3 is 4.23 Å². The normalized spacial score (nSPS) is 22.4. The number of benzene rings is 1. The van der Waals surface area contributed by atoms with E-state index in [0.717, 1.165) is 0 Å². The van der Waals surface area contributed by atoms with Crippen molar-refractivity contribution in [3.8, 4) is 0 Å². The number of nitrogens with zero attached hydrogens (tertiary/aromatic N) is 1. The quantitative estimate of drug-likeness (QED) is 0.680. The molecule has 1 aromatic carbocycles. The molecule has 4 heteroatoms. The zero-order chi connectivity index (χ0) is 12.0. The molecular weight excluding hydrogens is 294 g/mol. The average molecular weight is 314 g/mol. The molecule has 1 aliphatic rings. The lowest BCUT2D eigenvalue weighted by Gasteiger charge is -2.41. The fourth-order valence-electron chi connectivity index (χ4n) is 2.94. The van der Waals surface area contributed by atoms with E-state index in [1.165, 1.54) is 22.2 Å². The second-order valence-corrected chi connectivity index (χ2v) is 16.4. The van der Waals surface area contributed by atoms with Crippen LogP contribution >= 0.6 is 15.9 Å². The molecule has 1 aromatic rings. The van der Waals surface area contributed by atoms with Crippen molar-refractivity contribution in [3.63, 3.8) is 0 Å². The van der Waals surface area contributed by atoms with Crippen LogP contribution in [0.4, 0.5) is 5.69 Å². The Morgan fingerprint density at radius 1 is 0.938 bits per heavy atom. The molecule has 1 aliphatic heterocycles. The highest BCUT2D eigenvalue weighted by molar-refractivity contribution is 9.10. The van der Waals surface area contributed by atoms with E-state index >= 15 is 0 Å². The monoisotopic (exact) mass is 313 g/mol. The largest absolute Gasteiger partial charge is 0.424 e. The van der Waals surface area contributed by atoms with Gasteiger partial charge in [0.15, 0.2) is 0 Å². The summed E-state index contributed by atoms with van der Waals surface area (Å²) in [6.45, 7) is 10.0. The lowest BCUT2D eigenvalue weighted by atomic mass is 10.3. The third-order valence-corrected chi connectivity index (χ3v) is 14.2. The Hall–Kier alpha value is -0.0662. The molecule has 0 radical (unpaired) electrons. The first-order valence-corrected chi connectivity index (χ1v) is 13.0. The van der Waals surface area contributed by atoms with Crippen molar-refractivity contribution in [1.82, 2.24) is 0 Å². The van der Waals surface area contributed by atoms with Gasteiger partial charge in [0, 0.05) is 10.2 Å². The molecule has 16 heavy (non-hydrogen) atoms. The van der Waals surface area contributed by atoms with Crippen LogP contribution in [0.5, 0.6) is 0 Å². The third kappa shape index (κ3) is 2.15. The maximum atomic E-state index is 3.52. The summed E-state index contributed by atoms with van der Waals surface area (Å²) in [7, 11) is -2.37. The Balaban J connectivity index is 2.41. The predicted octanol–water partition coefficient (Wildman–Crippen LogP) is 4.68. The van der Waals surface area contributed by atoms with Gasteiger partial charge in [-0.25, -0.2) is 0 Å². The molecule has 0 atom stereocenters. The lowest BCUT2D eigenvalue weighted by Crippen LogP contribution is -2.55. The maximum Gasteiger partial charge on any atom is 0.141 e. The standard InChI is InChI=1S/C12H20BrNSi2/c1-15(2)9-10-16(3,4)14(15)12-7-5-11(13)6-8-12/h5-8H,9-10H2,1-4H3. The van der Waals surface area contributed by atoms with Crippen LogP contribution in [-0.2, 0) is 0 Å². The van der Waals surface area contributed by atoms with Gasteiger partial charge in [0.2, 0.25) is 0 Å². The van der Waals surface area contributed by atoms with Crippen LogP contribution in [0, 0.1) is 0 Å². The molecule has 0 N–H and O–H groups in total. The smallest absolute Gasteiger partial charge is 0.141 e. The molecule has 0 saturated carbocycles. The van der Waals surface area contributed by atoms with Crippen LogP contribution in [-0.4, -0.2) is 16.5 Å². The van der Waals surface area contributed by atoms with Gasteiger partial charge in [0.05, 0.1) is 0 Å². The Morgan fingerprint density at radius 2 is 1.38 bits per heavy atom. The fourth-order valence-corrected chi connectivity index (χ4v) is 17.5. The number of halogens is 1. The van der Waals surface area contributed by atoms with Crippen molar-refractivity contribution in [2.45, 2.75) is 38.3 Å². The van der Waals surface area contributed by atoms with Crippen LogP contribution in [0.25, 0.3) is 0 Å². The Bertz CT molecular complexity index is 371. The van der Waals surface area contributed by atoms with E-state index in [1.54, 1.807) is 0 Å². The molecule has 0 unspecified atom stereocenters. The number of hydrogen-bond donors (Lipinski definition) is 0. The molecule has 0 bridgehead atoms. The molecule has 0 amide bonds. The van der Waals surface area contributed by atoms with Gasteiger partial charge in [-0.3, -0.25) is 0 Å². The van der Waals surface area contributed by atoms with Gasteiger partial charge in [0.1, 0.15) is 16.5 Å². The highest BCUT2D eigenvalue weighted by Gasteiger charge is 2.47. The lowest BCUT2D eigenvalue weighted by molar-refractivity contribution is 1.35. The minimum Gasteiger partial charge on any atom is -0.424 e. The van der Waals surface area contributed by atoms with Crippen molar-refractivity contribution in [2.75, 3.05) is 4.23 Å². The van der Waals surface area contributed by atoms with Crippen LogP contribution in [0.3, 0.4) is 0 Å². The first kappa shape index (κ1) is 12.4. The molecule has 88 valence electrons. The molecule has 1 heterocycles. The maximum absolute atomic E-state index is 3.52. The topological polar surface area (TPSA) is 3.24 Å². The minimum absolute atomic E-state index is 1.18.